The Balaban J connectivity index is 1.98. The van der Waals surface area contributed by atoms with Gasteiger partial charge in [0.25, 0.3) is 0 Å². The van der Waals surface area contributed by atoms with Crippen LogP contribution >= 0.6 is 0 Å². The van der Waals surface area contributed by atoms with Crippen LogP contribution in [0.15, 0.2) is 45.9 Å². The number of furan rings is 1. The van der Waals surface area contributed by atoms with Crippen LogP contribution in [-0.4, -0.2) is 24.7 Å². The number of nitrogens with zero attached hydrogens (tertiary/aromatic N) is 1. The first-order chi connectivity index (χ1) is 12.0. The number of amides is 1. The smallest absolute Gasteiger partial charge is 0.338 e. The second-order valence-corrected chi connectivity index (χ2v) is 5.89. The molecule has 0 aliphatic heterocycles. The summed E-state index contributed by atoms with van der Waals surface area (Å²) < 4.78 is 10.6. The van der Waals surface area contributed by atoms with Gasteiger partial charge in [0.15, 0.2) is 0 Å². The fourth-order valence-corrected chi connectivity index (χ4v) is 2.15. The first kappa shape index (κ1) is 18.4. The van der Waals surface area contributed by atoms with Crippen molar-refractivity contribution in [1.29, 1.82) is 0 Å². The van der Waals surface area contributed by atoms with E-state index in [-0.39, 0.29) is 17.8 Å². The Kier molecular flexibility index (Phi) is 6.51. The molecule has 0 saturated carbocycles. The first-order valence-electron chi connectivity index (χ1n) is 8.19. The maximum atomic E-state index is 11.6. The molecule has 0 unspecified atom stereocenters. The number of carbonyl (C=O) groups is 2. The zero-order valence-electron chi connectivity index (χ0n) is 14.6. The number of nitrogens with one attached hydrogen (secondary N) is 1. The van der Waals surface area contributed by atoms with Gasteiger partial charge in [0.1, 0.15) is 11.5 Å². The molecule has 6 heteroatoms. The molecule has 6 nitrogen and oxygen atoms in total. The first-order valence-corrected chi connectivity index (χ1v) is 8.19. The van der Waals surface area contributed by atoms with Crippen molar-refractivity contribution in [2.45, 2.75) is 27.2 Å². The van der Waals surface area contributed by atoms with Gasteiger partial charge in [0, 0.05) is 12.0 Å². The van der Waals surface area contributed by atoms with Crippen molar-refractivity contribution in [1.82, 2.24) is 5.43 Å². The predicted molar refractivity (Wildman–Crippen MR) is 95.3 cm³/mol. The Morgan fingerprint density at radius 2 is 1.92 bits per heavy atom. The highest BCUT2D eigenvalue weighted by atomic mass is 16.5. The van der Waals surface area contributed by atoms with Crippen molar-refractivity contribution in [2.24, 2.45) is 11.0 Å². The number of ether oxygens (including phenoxy) is 1. The van der Waals surface area contributed by atoms with Crippen LogP contribution in [0, 0.1) is 5.92 Å². The zero-order chi connectivity index (χ0) is 18.2. The average molecular weight is 342 g/mol. The van der Waals surface area contributed by atoms with E-state index < -0.39 is 0 Å². The van der Waals surface area contributed by atoms with E-state index in [1.807, 2.05) is 13.8 Å². The summed E-state index contributed by atoms with van der Waals surface area (Å²) in [6.45, 7) is 6.04. The van der Waals surface area contributed by atoms with Gasteiger partial charge in [-0.25, -0.2) is 10.2 Å². The Bertz CT molecular complexity index is 745. The number of esters is 1. The number of benzene rings is 1. The molecular formula is C19H22N2O4. The Labute approximate surface area is 146 Å². The molecule has 1 amide bonds. The summed E-state index contributed by atoms with van der Waals surface area (Å²) >= 11 is 0. The van der Waals surface area contributed by atoms with E-state index in [0.29, 0.717) is 30.1 Å². The second kappa shape index (κ2) is 8.82. The molecule has 0 radical (unpaired) electrons. The molecule has 0 fully saturated rings. The van der Waals surface area contributed by atoms with Gasteiger partial charge in [0.2, 0.25) is 5.91 Å². The topological polar surface area (TPSA) is 80.9 Å². The molecule has 0 aliphatic carbocycles. The van der Waals surface area contributed by atoms with Crippen LogP contribution in [0.5, 0.6) is 0 Å². The monoisotopic (exact) mass is 342 g/mol. The fraction of sp³-hybridized carbons (Fsp3) is 0.316. The molecule has 0 bridgehead atoms. The maximum absolute atomic E-state index is 11.6. The van der Waals surface area contributed by atoms with E-state index >= 15 is 0 Å². The third-order valence-corrected chi connectivity index (χ3v) is 3.28. The molecule has 0 atom stereocenters. The maximum Gasteiger partial charge on any atom is 0.338 e. The van der Waals surface area contributed by atoms with Gasteiger partial charge in [0.05, 0.1) is 18.4 Å². The van der Waals surface area contributed by atoms with Gasteiger partial charge in [-0.1, -0.05) is 26.0 Å². The van der Waals surface area contributed by atoms with E-state index in [4.69, 9.17) is 9.15 Å². The summed E-state index contributed by atoms with van der Waals surface area (Å²) in [5.74, 6) is 0.966. The van der Waals surface area contributed by atoms with Crippen molar-refractivity contribution < 1.29 is 18.7 Å². The molecule has 0 saturated heterocycles. The van der Waals surface area contributed by atoms with Gasteiger partial charge < -0.3 is 9.15 Å². The molecule has 132 valence electrons. The lowest BCUT2D eigenvalue weighted by Crippen LogP contribution is -2.18. The van der Waals surface area contributed by atoms with E-state index in [1.54, 1.807) is 43.3 Å². The molecule has 0 spiro atoms. The van der Waals surface area contributed by atoms with E-state index in [1.165, 1.54) is 6.21 Å². The summed E-state index contributed by atoms with van der Waals surface area (Å²) in [5, 5.41) is 3.88. The molecule has 2 rings (SSSR count). The quantitative estimate of drug-likeness (QED) is 0.473. The predicted octanol–water partition coefficient (Wildman–Crippen LogP) is 3.62. The lowest BCUT2D eigenvalue weighted by molar-refractivity contribution is -0.121. The highest BCUT2D eigenvalue weighted by Crippen LogP contribution is 2.22. The van der Waals surface area contributed by atoms with Crippen molar-refractivity contribution in [3.8, 4) is 11.3 Å². The molecular weight excluding hydrogens is 320 g/mol. The number of hydrogen-bond donors (Lipinski definition) is 1. The third kappa shape index (κ3) is 5.60. The van der Waals surface area contributed by atoms with E-state index in [9.17, 15) is 9.59 Å². The van der Waals surface area contributed by atoms with Gasteiger partial charge >= 0.3 is 5.97 Å². The van der Waals surface area contributed by atoms with Crippen molar-refractivity contribution in [3.05, 3.63) is 47.7 Å². The summed E-state index contributed by atoms with van der Waals surface area (Å²) in [5.41, 5.74) is 3.79. The van der Waals surface area contributed by atoms with Crippen LogP contribution in [-0.2, 0) is 9.53 Å². The fourth-order valence-electron chi connectivity index (χ4n) is 2.15. The van der Waals surface area contributed by atoms with Gasteiger partial charge in [-0.15, -0.1) is 0 Å². The standard InChI is InChI=1S/C19H22N2O4/c1-4-24-19(23)15-7-5-14(6-8-15)17-10-9-16(25-17)12-20-21-18(22)11-13(2)3/h5-10,12-13H,4,11H2,1-3H3,(H,21,22)/b20-12+. The number of hydrogen-bond acceptors (Lipinski definition) is 5. The molecule has 1 aromatic heterocycles. The molecule has 1 N–H and O–H groups in total. The van der Waals surface area contributed by atoms with E-state index in [0.717, 1.165) is 5.56 Å². The average Bonchev–Trinajstić information content (AvgIpc) is 3.03. The Hall–Kier alpha value is -2.89. The summed E-state index contributed by atoms with van der Waals surface area (Å²) in [6.07, 6.45) is 1.88. The van der Waals surface area contributed by atoms with Gasteiger partial charge in [-0.3, -0.25) is 4.79 Å². The van der Waals surface area contributed by atoms with E-state index in [2.05, 4.69) is 10.5 Å². The number of hydrazone groups is 1. The third-order valence-electron chi connectivity index (χ3n) is 3.28. The summed E-state index contributed by atoms with van der Waals surface area (Å²) in [6, 6.07) is 10.5. The molecule has 0 aliphatic rings. The van der Waals surface area contributed by atoms with Crippen LogP contribution in [0.2, 0.25) is 0 Å². The Morgan fingerprint density at radius 3 is 2.56 bits per heavy atom. The largest absolute Gasteiger partial charge is 0.462 e. The zero-order valence-corrected chi connectivity index (χ0v) is 14.6. The lowest BCUT2D eigenvalue weighted by Gasteiger charge is -2.02. The minimum absolute atomic E-state index is 0.132. The highest BCUT2D eigenvalue weighted by molar-refractivity contribution is 5.90. The van der Waals surface area contributed by atoms with Crippen LogP contribution in [0.25, 0.3) is 11.3 Å². The number of rotatable bonds is 7. The SMILES string of the molecule is CCOC(=O)c1ccc(-c2ccc(/C=N/NC(=O)CC(C)C)o2)cc1. The van der Waals surface area contributed by atoms with Crippen LogP contribution in [0.4, 0.5) is 0 Å². The summed E-state index contributed by atoms with van der Waals surface area (Å²) in [4.78, 5) is 23.1. The second-order valence-electron chi connectivity index (χ2n) is 5.89. The van der Waals surface area contributed by atoms with Crippen LogP contribution in [0.3, 0.4) is 0 Å². The van der Waals surface area contributed by atoms with Crippen LogP contribution in [0.1, 0.15) is 43.3 Å². The number of carbonyl (C=O) groups excluding carboxylic acids is 2. The van der Waals surface area contributed by atoms with Gasteiger partial charge in [-0.05, 0) is 37.1 Å². The van der Waals surface area contributed by atoms with Crippen molar-refractivity contribution in [2.75, 3.05) is 6.61 Å². The van der Waals surface area contributed by atoms with Crippen LogP contribution < -0.4 is 5.43 Å². The molecule has 25 heavy (non-hydrogen) atoms. The summed E-state index contributed by atoms with van der Waals surface area (Å²) in [7, 11) is 0. The van der Waals surface area contributed by atoms with Crippen molar-refractivity contribution >= 4 is 18.1 Å². The molecule has 1 heterocycles. The minimum atomic E-state index is -0.349. The van der Waals surface area contributed by atoms with Gasteiger partial charge in [-0.2, -0.15) is 5.10 Å². The highest BCUT2D eigenvalue weighted by Gasteiger charge is 2.08. The minimum Gasteiger partial charge on any atom is -0.462 e. The van der Waals surface area contributed by atoms with Crippen molar-refractivity contribution in [3.63, 3.8) is 0 Å². The normalized spacial score (nSPS) is 11.0. The Morgan fingerprint density at radius 1 is 1.20 bits per heavy atom. The molecule has 2 aromatic rings. The molecule has 1 aromatic carbocycles. The lowest BCUT2D eigenvalue weighted by atomic mass is 10.1.